The van der Waals surface area contributed by atoms with Gasteiger partial charge in [0.15, 0.2) is 10.8 Å². The molecule has 11 heteroatoms. The van der Waals surface area contributed by atoms with Crippen LogP contribution in [0.25, 0.3) is 22.3 Å². The van der Waals surface area contributed by atoms with Gasteiger partial charge in [-0.05, 0) is 43.9 Å². The van der Waals surface area contributed by atoms with Crippen LogP contribution >= 0.6 is 11.3 Å². The number of aliphatic hydroxyl groups excluding tert-OH is 1. The van der Waals surface area contributed by atoms with E-state index in [9.17, 15) is 9.90 Å². The second-order valence-electron chi connectivity index (χ2n) is 8.47. The Morgan fingerprint density at radius 3 is 2.66 bits per heavy atom. The molecule has 1 fully saturated rings. The highest BCUT2D eigenvalue weighted by molar-refractivity contribution is 7.13. The minimum atomic E-state index is -0.701. The zero-order chi connectivity index (χ0) is 24.4. The van der Waals surface area contributed by atoms with Gasteiger partial charge in [0.1, 0.15) is 24.1 Å². The molecule has 1 aliphatic carbocycles. The molecule has 1 aliphatic rings. The number of rotatable bonds is 7. The number of hydrogen-bond donors (Lipinski definition) is 4. The number of hydrogen-bond acceptors (Lipinski definition) is 9. The molecule has 0 bridgehead atoms. The molecule has 1 amide bonds. The molecule has 1 unspecified atom stereocenters. The highest BCUT2D eigenvalue weighted by Gasteiger charge is 2.27. The first-order chi connectivity index (χ1) is 17.0. The van der Waals surface area contributed by atoms with Crippen molar-refractivity contribution >= 4 is 39.2 Å². The Balaban J connectivity index is 1.40. The molecule has 1 saturated carbocycles. The van der Waals surface area contributed by atoms with Gasteiger partial charge >= 0.3 is 0 Å². The van der Waals surface area contributed by atoms with E-state index in [-0.39, 0.29) is 18.0 Å². The molecular weight excluding hydrogens is 464 g/mol. The summed E-state index contributed by atoms with van der Waals surface area (Å²) < 4.78 is 1.95. The fourth-order valence-electron chi connectivity index (χ4n) is 4.48. The van der Waals surface area contributed by atoms with Crippen LogP contribution in [0.15, 0.2) is 54.8 Å². The second kappa shape index (κ2) is 9.90. The van der Waals surface area contributed by atoms with Gasteiger partial charge in [-0.25, -0.2) is 19.6 Å². The predicted molar refractivity (Wildman–Crippen MR) is 136 cm³/mol. The summed E-state index contributed by atoms with van der Waals surface area (Å²) in [5, 5.41) is 23.7. The average molecular weight is 491 g/mol. The maximum absolute atomic E-state index is 12.5. The van der Waals surface area contributed by atoms with E-state index in [1.165, 1.54) is 23.7 Å². The summed E-state index contributed by atoms with van der Waals surface area (Å²) in [4.78, 5) is 25.3. The van der Waals surface area contributed by atoms with Gasteiger partial charge in [0.25, 0.3) is 5.91 Å². The van der Waals surface area contributed by atoms with Gasteiger partial charge in [0.05, 0.1) is 11.4 Å². The number of nitrogens with zero attached hydrogens (tertiary/aromatic N) is 5. The summed E-state index contributed by atoms with van der Waals surface area (Å²) >= 11 is 1.36. The number of fused-ring (bicyclic) bond motifs is 1. The molecule has 3 heterocycles. The number of benzene rings is 1. The lowest BCUT2D eigenvalue weighted by Gasteiger charge is -2.30. The van der Waals surface area contributed by atoms with Gasteiger partial charge < -0.3 is 10.8 Å². The summed E-state index contributed by atoms with van der Waals surface area (Å²) in [6.07, 6.45) is 7.46. The Bertz CT molecular complexity index is 1330. The van der Waals surface area contributed by atoms with Crippen molar-refractivity contribution in [3.05, 3.63) is 60.4 Å². The number of nitrogens with one attached hydrogen (secondary N) is 2. The van der Waals surface area contributed by atoms with Gasteiger partial charge in [-0.1, -0.05) is 18.7 Å². The Labute approximate surface area is 205 Å². The first-order valence-electron chi connectivity index (χ1n) is 11.4. The first-order valence-corrected chi connectivity index (χ1v) is 12.3. The van der Waals surface area contributed by atoms with E-state index in [0.717, 1.165) is 31.2 Å². The summed E-state index contributed by atoms with van der Waals surface area (Å²) in [7, 11) is 0. The molecule has 3 aromatic heterocycles. The van der Waals surface area contributed by atoms with E-state index in [1.807, 2.05) is 16.8 Å². The number of carbonyl (C=O) groups is 1. The summed E-state index contributed by atoms with van der Waals surface area (Å²) in [5.41, 5.74) is 8.99. The van der Waals surface area contributed by atoms with Gasteiger partial charge in [0.2, 0.25) is 0 Å². The number of anilines is 2. The van der Waals surface area contributed by atoms with Crippen LogP contribution in [-0.2, 0) is 0 Å². The molecule has 180 valence electrons. The average Bonchev–Trinajstić information content (AvgIpc) is 3.53. The Morgan fingerprint density at radius 2 is 1.97 bits per heavy atom. The van der Waals surface area contributed by atoms with Crippen LogP contribution in [-0.4, -0.2) is 48.0 Å². The summed E-state index contributed by atoms with van der Waals surface area (Å²) in [6, 6.07) is 7.60. The molecule has 0 aliphatic heterocycles. The Kier molecular flexibility index (Phi) is 6.53. The monoisotopic (exact) mass is 490 g/mol. The maximum Gasteiger partial charge on any atom is 0.257 e. The van der Waals surface area contributed by atoms with Crippen LogP contribution in [0.2, 0.25) is 0 Å². The molecule has 1 atom stereocenters. The van der Waals surface area contributed by atoms with Crippen LogP contribution in [0, 0.1) is 0 Å². The normalized spacial score (nSPS) is 18.9. The number of aromatic nitrogens is 5. The zero-order valence-corrected chi connectivity index (χ0v) is 19.8. The lowest BCUT2D eigenvalue weighted by molar-refractivity contribution is 0.102. The van der Waals surface area contributed by atoms with Crippen LogP contribution in [0.3, 0.4) is 0 Å². The van der Waals surface area contributed by atoms with Crippen molar-refractivity contribution in [1.29, 1.82) is 0 Å². The zero-order valence-electron chi connectivity index (χ0n) is 19.0. The fraction of sp³-hybridized carbons (Fsp3) is 0.292. The molecule has 0 saturated heterocycles. The molecule has 0 radical (unpaired) electrons. The van der Waals surface area contributed by atoms with Crippen LogP contribution < -0.4 is 16.4 Å². The van der Waals surface area contributed by atoms with Gasteiger partial charge in [-0.3, -0.25) is 15.4 Å². The number of carbonyl (C=O) groups excluding carboxylic acids is 1. The lowest BCUT2D eigenvalue weighted by atomic mass is 9.91. The number of aliphatic hydroxyl groups is 1. The van der Waals surface area contributed by atoms with Crippen molar-refractivity contribution < 1.29 is 9.90 Å². The highest BCUT2D eigenvalue weighted by Crippen LogP contribution is 2.36. The van der Waals surface area contributed by atoms with Crippen molar-refractivity contribution in [3.8, 4) is 11.3 Å². The summed E-state index contributed by atoms with van der Waals surface area (Å²) in [6.45, 7) is 3.62. The quantitative estimate of drug-likeness (QED) is 0.228. The molecule has 35 heavy (non-hydrogen) atoms. The lowest BCUT2D eigenvalue weighted by Crippen LogP contribution is -2.39. The Morgan fingerprint density at radius 1 is 1.20 bits per heavy atom. The fourth-order valence-corrected chi connectivity index (χ4v) is 5.01. The number of nitrogen functional groups attached to an aromatic ring is 1. The minimum Gasteiger partial charge on any atom is -0.383 e. The van der Waals surface area contributed by atoms with Crippen LogP contribution in [0.1, 0.15) is 42.1 Å². The van der Waals surface area contributed by atoms with Crippen LogP contribution in [0.5, 0.6) is 0 Å². The van der Waals surface area contributed by atoms with Crippen LogP contribution in [0.4, 0.5) is 10.9 Å². The van der Waals surface area contributed by atoms with Crippen molar-refractivity contribution in [3.63, 3.8) is 0 Å². The minimum absolute atomic E-state index is 0.155. The SMILES string of the molecule is C=CC(O)NC1CCC(n2nc(-c3ccc(C(=O)Nc4nccs4)cc3)c3c(N)ncnc32)CC1. The standard InChI is InChI=1S/C24H26N8O2S/c1-2-18(33)29-16-7-9-17(10-8-16)32-22-19(21(25)27-13-28-22)20(31-32)14-3-5-15(6-4-14)23(34)30-24-26-11-12-35-24/h2-6,11-13,16-18,29,33H,1,7-10H2,(H2,25,27,28)(H,26,30,34). The largest absolute Gasteiger partial charge is 0.383 e. The molecule has 1 aromatic carbocycles. The topological polar surface area (TPSA) is 144 Å². The van der Waals surface area contributed by atoms with Gasteiger partial charge in [0, 0.05) is 28.7 Å². The smallest absolute Gasteiger partial charge is 0.257 e. The van der Waals surface area contributed by atoms with E-state index in [2.05, 4.69) is 32.2 Å². The van der Waals surface area contributed by atoms with Gasteiger partial charge in [-0.15, -0.1) is 11.3 Å². The molecule has 4 aromatic rings. The maximum atomic E-state index is 12.5. The third-order valence-corrected chi connectivity index (χ3v) is 6.95. The van der Waals surface area contributed by atoms with Crippen molar-refractivity contribution in [1.82, 2.24) is 30.0 Å². The van der Waals surface area contributed by atoms with E-state index >= 15 is 0 Å². The molecule has 0 spiro atoms. The Hall–Kier alpha value is -3.67. The second-order valence-corrected chi connectivity index (χ2v) is 9.37. The van der Waals surface area contributed by atoms with Crippen molar-refractivity contribution in [2.75, 3.05) is 11.1 Å². The first kappa shape index (κ1) is 23.1. The number of nitrogens with two attached hydrogens (primary N) is 1. The third-order valence-electron chi connectivity index (χ3n) is 6.26. The molecular formula is C24H26N8O2S. The van der Waals surface area contributed by atoms with E-state index < -0.39 is 6.23 Å². The van der Waals surface area contributed by atoms with E-state index in [0.29, 0.717) is 33.2 Å². The van der Waals surface area contributed by atoms with E-state index in [4.69, 9.17) is 10.8 Å². The van der Waals surface area contributed by atoms with Crippen molar-refractivity contribution in [2.45, 2.75) is 44.0 Å². The number of amides is 1. The molecule has 10 nitrogen and oxygen atoms in total. The van der Waals surface area contributed by atoms with E-state index in [1.54, 1.807) is 23.7 Å². The predicted octanol–water partition coefficient (Wildman–Crippen LogP) is 3.36. The van der Waals surface area contributed by atoms with Crippen molar-refractivity contribution in [2.24, 2.45) is 0 Å². The summed E-state index contributed by atoms with van der Waals surface area (Å²) in [5.74, 6) is 0.142. The third kappa shape index (κ3) is 4.78. The van der Waals surface area contributed by atoms with Gasteiger partial charge in [-0.2, -0.15) is 5.10 Å². The molecule has 5 rings (SSSR count). The highest BCUT2D eigenvalue weighted by atomic mass is 32.1. The molecule has 5 N–H and O–H groups in total. The number of thiazole rings is 1.